The van der Waals surface area contributed by atoms with Gasteiger partial charge in [-0.2, -0.15) is 11.3 Å². The fourth-order valence-corrected chi connectivity index (χ4v) is 3.64. The Bertz CT molecular complexity index is 491. The largest absolute Gasteiger partial charge is 0.357 e. The number of piperidine rings is 1. The third kappa shape index (κ3) is 8.17. The first kappa shape index (κ1) is 22.6. The maximum absolute atomic E-state index is 12.4. The summed E-state index contributed by atoms with van der Waals surface area (Å²) in [5, 5.41) is 11.0. The number of nitrogens with zero attached hydrogens (tertiary/aromatic N) is 2. The summed E-state index contributed by atoms with van der Waals surface area (Å²) in [4.78, 5) is 6.54. The minimum Gasteiger partial charge on any atom is -0.357 e. The normalized spacial score (nSPS) is 18.0. The van der Waals surface area contributed by atoms with Crippen LogP contribution in [0.1, 0.15) is 38.2 Å². The van der Waals surface area contributed by atoms with Crippen molar-refractivity contribution < 1.29 is 8.78 Å². The fraction of sp³-hybridized carbons (Fsp3) is 0.706. The SMILES string of the molecule is CCNC(=NCC(C)c1ccsc1)NC1CCN(CC(F)F)CC1.I. The lowest BCUT2D eigenvalue weighted by molar-refractivity contribution is 0.0744. The monoisotopic (exact) mass is 486 g/mol. The van der Waals surface area contributed by atoms with Gasteiger partial charge in [0.15, 0.2) is 5.96 Å². The Labute approximate surface area is 170 Å². The van der Waals surface area contributed by atoms with E-state index in [0.717, 1.165) is 31.9 Å². The topological polar surface area (TPSA) is 39.7 Å². The van der Waals surface area contributed by atoms with Crippen LogP contribution < -0.4 is 10.6 Å². The molecular weight excluding hydrogens is 457 g/mol. The van der Waals surface area contributed by atoms with Crippen LogP contribution in [0.15, 0.2) is 21.8 Å². The highest BCUT2D eigenvalue weighted by Gasteiger charge is 2.22. The highest BCUT2D eigenvalue weighted by Crippen LogP contribution is 2.18. The Kier molecular flexibility index (Phi) is 10.8. The first-order chi connectivity index (χ1) is 11.6. The third-order valence-electron chi connectivity index (χ3n) is 4.30. The van der Waals surface area contributed by atoms with Crippen LogP contribution in [0.4, 0.5) is 8.78 Å². The van der Waals surface area contributed by atoms with Crippen molar-refractivity contribution in [1.29, 1.82) is 0 Å². The van der Waals surface area contributed by atoms with Gasteiger partial charge in [0, 0.05) is 38.1 Å². The van der Waals surface area contributed by atoms with Gasteiger partial charge in [-0.3, -0.25) is 9.89 Å². The Balaban J connectivity index is 0.00000312. The van der Waals surface area contributed by atoms with E-state index in [1.807, 2.05) is 11.8 Å². The number of guanidine groups is 1. The Hall–Kier alpha value is -0.480. The first-order valence-corrected chi connectivity index (χ1v) is 9.60. The molecule has 2 heterocycles. The van der Waals surface area contributed by atoms with Gasteiger partial charge in [0.25, 0.3) is 6.43 Å². The molecule has 0 amide bonds. The van der Waals surface area contributed by atoms with Gasteiger partial charge < -0.3 is 10.6 Å². The predicted molar refractivity (Wildman–Crippen MR) is 113 cm³/mol. The van der Waals surface area contributed by atoms with Crippen LogP contribution in [-0.4, -0.2) is 56.1 Å². The molecule has 1 aromatic heterocycles. The van der Waals surface area contributed by atoms with Gasteiger partial charge in [0.2, 0.25) is 0 Å². The molecule has 0 radical (unpaired) electrons. The number of likely N-dealkylation sites (tertiary alicyclic amines) is 1. The summed E-state index contributed by atoms with van der Waals surface area (Å²) < 4.78 is 24.9. The Morgan fingerprint density at radius 2 is 2.12 bits per heavy atom. The van der Waals surface area contributed by atoms with Crippen LogP contribution in [0.5, 0.6) is 0 Å². The summed E-state index contributed by atoms with van der Waals surface area (Å²) in [6, 6.07) is 2.44. The van der Waals surface area contributed by atoms with E-state index >= 15 is 0 Å². The third-order valence-corrected chi connectivity index (χ3v) is 5.01. The highest BCUT2D eigenvalue weighted by atomic mass is 127. The maximum atomic E-state index is 12.4. The van der Waals surface area contributed by atoms with E-state index in [9.17, 15) is 8.78 Å². The molecule has 0 spiro atoms. The average molecular weight is 486 g/mol. The molecule has 0 saturated carbocycles. The number of alkyl halides is 2. The summed E-state index contributed by atoms with van der Waals surface area (Å²) in [7, 11) is 0. The zero-order chi connectivity index (χ0) is 17.4. The lowest BCUT2D eigenvalue weighted by Gasteiger charge is -2.32. The molecule has 1 saturated heterocycles. The van der Waals surface area contributed by atoms with Crippen molar-refractivity contribution in [3.05, 3.63) is 22.4 Å². The molecule has 1 aromatic rings. The summed E-state index contributed by atoms with van der Waals surface area (Å²) in [5.41, 5.74) is 1.32. The van der Waals surface area contributed by atoms with Crippen LogP contribution in [-0.2, 0) is 0 Å². The summed E-state index contributed by atoms with van der Waals surface area (Å²) in [6.07, 6.45) is -0.499. The van der Waals surface area contributed by atoms with Gasteiger partial charge in [-0.1, -0.05) is 6.92 Å². The fourth-order valence-electron chi connectivity index (χ4n) is 2.86. The van der Waals surface area contributed by atoms with Crippen molar-refractivity contribution in [2.24, 2.45) is 4.99 Å². The summed E-state index contributed by atoms with van der Waals surface area (Å²) >= 11 is 1.71. The van der Waals surface area contributed by atoms with Gasteiger partial charge in [-0.05, 0) is 42.2 Å². The van der Waals surface area contributed by atoms with E-state index in [4.69, 9.17) is 4.99 Å². The number of hydrogen-bond donors (Lipinski definition) is 2. The Morgan fingerprint density at radius 3 is 2.68 bits per heavy atom. The molecule has 144 valence electrons. The molecule has 1 atom stereocenters. The van der Waals surface area contributed by atoms with E-state index in [0.29, 0.717) is 25.0 Å². The molecule has 2 rings (SSSR count). The standard InChI is InChI=1S/C17H28F2N4S.HI/c1-3-20-17(21-10-13(2)14-6-9-24-12-14)22-15-4-7-23(8-5-15)11-16(18)19;/h6,9,12-13,15-16H,3-5,7-8,10-11H2,1-2H3,(H2,20,21,22);1H. The average Bonchev–Trinajstić information content (AvgIpc) is 3.08. The predicted octanol–water partition coefficient (Wildman–Crippen LogP) is 3.75. The number of nitrogens with one attached hydrogen (secondary N) is 2. The molecule has 1 aliphatic heterocycles. The van der Waals surface area contributed by atoms with Crippen molar-refractivity contribution in [2.75, 3.05) is 32.7 Å². The zero-order valence-corrected chi connectivity index (χ0v) is 18.0. The second-order valence-electron chi connectivity index (χ2n) is 6.29. The van der Waals surface area contributed by atoms with Crippen LogP contribution >= 0.6 is 35.3 Å². The van der Waals surface area contributed by atoms with Crippen molar-refractivity contribution in [2.45, 2.75) is 45.1 Å². The molecule has 1 unspecified atom stereocenters. The molecular formula is C17H29F2IN4S. The maximum Gasteiger partial charge on any atom is 0.251 e. The quantitative estimate of drug-likeness (QED) is 0.351. The van der Waals surface area contributed by atoms with Crippen molar-refractivity contribution in [1.82, 2.24) is 15.5 Å². The highest BCUT2D eigenvalue weighted by molar-refractivity contribution is 14.0. The smallest absolute Gasteiger partial charge is 0.251 e. The molecule has 0 aromatic carbocycles. The van der Waals surface area contributed by atoms with E-state index in [2.05, 4.69) is 34.4 Å². The molecule has 0 aliphatic carbocycles. The number of hydrogen-bond acceptors (Lipinski definition) is 3. The van der Waals surface area contributed by atoms with E-state index in [-0.39, 0.29) is 30.5 Å². The number of halogens is 3. The second kappa shape index (κ2) is 12.0. The number of rotatable bonds is 7. The van der Waals surface area contributed by atoms with Crippen LogP contribution in [0.3, 0.4) is 0 Å². The molecule has 1 fully saturated rings. The van der Waals surface area contributed by atoms with Gasteiger partial charge in [-0.25, -0.2) is 8.78 Å². The lowest BCUT2D eigenvalue weighted by Crippen LogP contribution is -2.49. The molecule has 25 heavy (non-hydrogen) atoms. The summed E-state index contributed by atoms with van der Waals surface area (Å²) in [5.74, 6) is 1.21. The van der Waals surface area contributed by atoms with Crippen LogP contribution in [0.25, 0.3) is 0 Å². The molecule has 0 bridgehead atoms. The molecule has 4 nitrogen and oxygen atoms in total. The van der Waals surface area contributed by atoms with E-state index in [1.165, 1.54) is 5.56 Å². The summed E-state index contributed by atoms with van der Waals surface area (Å²) in [6.45, 7) is 7.08. The number of aliphatic imine (C=N–C) groups is 1. The zero-order valence-electron chi connectivity index (χ0n) is 14.9. The van der Waals surface area contributed by atoms with Crippen LogP contribution in [0.2, 0.25) is 0 Å². The lowest BCUT2D eigenvalue weighted by atomic mass is 10.1. The van der Waals surface area contributed by atoms with E-state index < -0.39 is 6.43 Å². The first-order valence-electron chi connectivity index (χ1n) is 8.66. The number of thiophene rings is 1. The van der Waals surface area contributed by atoms with E-state index in [1.54, 1.807) is 11.3 Å². The molecule has 1 aliphatic rings. The van der Waals surface area contributed by atoms with Gasteiger partial charge in [0.1, 0.15) is 0 Å². The van der Waals surface area contributed by atoms with Gasteiger partial charge in [0.05, 0.1) is 6.54 Å². The van der Waals surface area contributed by atoms with Gasteiger partial charge in [-0.15, -0.1) is 24.0 Å². The molecule has 2 N–H and O–H groups in total. The minimum atomic E-state index is -2.24. The van der Waals surface area contributed by atoms with Crippen molar-refractivity contribution in [3.8, 4) is 0 Å². The van der Waals surface area contributed by atoms with Crippen molar-refractivity contribution in [3.63, 3.8) is 0 Å². The minimum absolute atomic E-state index is 0. The Morgan fingerprint density at radius 1 is 1.40 bits per heavy atom. The molecule has 8 heteroatoms. The van der Waals surface area contributed by atoms with Crippen molar-refractivity contribution >= 4 is 41.3 Å². The van der Waals surface area contributed by atoms with Gasteiger partial charge >= 0.3 is 0 Å². The van der Waals surface area contributed by atoms with Crippen LogP contribution in [0, 0.1) is 0 Å². The second-order valence-corrected chi connectivity index (χ2v) is 7.07.